The van der Waals surface area contributed by atoms with Crippen LogP contribution >= 0.6 is 23.5 Å². The lowest BCUT2D eigenvalue weighted by atomic mass is 10.1. The van der Waals surface area contributed by atoms with Crippen LogP contribution in [0.15, 0.2) is 195 Å². The molecule has 2 nitrogen and oxygen atoms in total. The van der Waals surface area contributed by atoms with Gasteiger partial charge in [-0.05, 0) is 96.4 Å². The van der Waals surface area contributed by atoms with Crippen molar-refractivity contribution in [2.45, 2.75) is 26.0 Å². The second-order valence-electron chi connectivity index (χ2n) is 11.7. The summed E-state index contributed by atoms with van der Waals surface area (Å²) >= 11 is 3.77. The van der Waals surface area contributed by atoms with Crippen molar-refractivity contribution in [2.75, 3.05) is 4.90 Å². The van der Waals surface area contributed by atoms with Crippen molar-refractivity contribution in [3.63, 3.8) is 0 Å². The van der Waals surface area contributed by atoms with Crippen molar-refractivity contribution in [3.8, 4) is 16.8 Å². The van der Waals surface area contributed by atoms with Gasteiger partial charge in [-0.1, -0.05) is 115 Å². The van der Waals surface area contributed by atoms with E-state index in [4.69, 9.17) is 0 Å². The number of benzene rings is 6. The summed E-state index contributed by atoms with van der Waals surface area (Å²) in [5.74, 6) is 0. The van der Waals surface area contributed by atoms with E-state index < -0.39 is 0 Å². The van der Waals surface area contributed by atoms with Gasteiger partial charge in [-0.3, -0.25) is 0 Å². The summed E-state index contributed by atoms with van der Waals surface area (Å²) in [6, 6.07) is 50.7. The number of aromatic nitrogens is 1. The van der Waals surface area contributed by atoms with E-state index in [-0.39, 0.29) is 0 Å². The fourth-order valence-corrected chi connectivity index (χ4v) is 9.07. The Bertz CT molecular complexity index is 2370. The molecule has 0 saturated heterocycles. The number of allylic oxidation sites excluding steroid dienone is 5. The van der Waals surface area contributed by atoms with Crippen LogP contribution in [0.3, 0.4) is 0 Å². The van der Waals surface area contributed by atoms with Crippen molar-refractivity contribution in [1.29, 1.82) is 0 Å². The molecule has 0 radical (unpaired) electrons. The number of nitrogens with zero attached hydrogens (tertiary/aromatic N) is 2. The average Bonchev–Trinajstić information content (AvgIpc) is 3.24. The van der Waals surface area contributed by atoms with Gasteiger partial charge in [0.05, 0.1) is 11.0 Å². The summed E-state index contributed by atoms with van der Waals surface area (Å²) in [6.45, 7) is 0. The lowest BCUT2D eigenvalue weighted by Crippen LogP contribution is -2.15. The summed E-state index contributed by atoms with van der Waals surface area (Å²) in [5, 5.41) is 2.56. The first kappa shape index (κ1) is 28.1. The molecule has 7 aromatic rings. The maximum Gasteiger partial charge on any atom is 0.0553 e. The van der Waals surface area contributed by atoms with Crippen LogP contribution < -0.4 is 4.90 Å². The van der Waals surface area contributed by atoms with Crippen molar-refractivity contribution < 1.29 is 0 Å². The minimum Gasteiger partial charge on any atom is -0.310 e. The van der Waals surface area contributed by atoms with Crippen LogP contribution in [0.25, 0.3) is 38.6 Å². The van der Waals surface area contributed by atoms with E-state index in [0.29, 0.717) is 0 Å². The maximum absolute atomic E-state index is 2.44. The van der Waals surface area contributed by atoms with Crippen LogP contribution in [0.4, 0.5) is 11.4 Å². The molecule has 0 saturated carbocycles. The van der Waals surface area contributed by atoms with Crippen LogP contribution in [0, 0.1) is 0 Å². The third-order valence-electron chi connectivity index (χ3n) is 8.84. The minimum absolute atomic E-state index is 0.931. The topological polar surface area (TPSA) is 8.17 Å². The number of hydrogen-bond donors (Lipinski definition) is 0. The minimum atomic E-state index is 0.931. The molecule has 2 heterocycles. The molecule has 0 amide bonds. The molecule has 2 aliphatic rings. The molecule has 0 spiro atoms. The highest BCUT2D eigenvalue weighted by atomic mass is 32.2. The zero-order valence-corrected chi connectivity index (χ0v) is 27.2. The van der Waals surface area contributed by atoms with Gasteiger partial charge < -0.3 is 9.47 Å². The van der Waals surface area contributed by atoms with Gasteiger partial charge in [0.2, 0.25) is 0 Å². The third kappa shape index (κ3) is 5.01. The lowest BCUT2D eigenvalue weighted by molar-refractivity contribution is 1.15. The largest absolute Gasteiger partial charge is 0.310 e. The van der Waals surface area contributed by atoms with Crippen molar-refractivity contribution in [1.82, 2.24) is 4.57 Å². The Morgan fingerprint density at radius 3 is 2.06 bits per heavy atom. The Morgan fingerprint density at radius 2 is 1.26 bits per heavy atom. The van der Waals surface area contributed by atoms with Crippen LogP contribution in [0.5, 0.6) is 0 Å². The Labute approximate surface area is 283 Å². The predicted molar refractivity (Wildman–Crippen MR) is 200 cm³/mol. The van der Waals surface area contributed by atoms with Gasteiger partial charge >= 0.3 is 0 Å². The smallest absolute Gasteiger partial charge is 0.0553 e. The zero-order valence-electron chi connectivity index (χ0n) is 25.6. The number of anilines is 2. The molecule has 0 N–H and O–H groups in total. The van der Waals surface area contributed by atoms with Crippen LogP contribution in [-0.4, -0.2) is 4.57 Å². The first-order valence-corrected chi connectivity index (χ1v) is 17.6. The van der Waals surface area contributed by atoms with Gasteiger partial charge in [0.25, 0.3) is 0 Å². The molecule has 47 heavy (non-hydrogen) atoms. The molecule has 0 atom stereocenters. The van der Waals surface area contributed by atoms with Gasteiger partial charge in [-0.25, -0.2) is 0 Å². The molecule has 1 aliphatic carbocycles. The van der Waals surface area contributed by atoms with Crippen molar-refractivity contribution in [2.24, 2.45) is 0 Å². The van der Waals surface area contributed by atoms with Gasteiger partial charge in [0.1, 0.15) is 0 Å². The Kier molecular flexibility index (Phi) is 7.11. The van der Waals surface area contributed by atoms with Crippen molar-refractivity contribution >= 4 is 56.7 Å². The monoisotopic (exact) mass is 638 g/mol. The molecule has 1 aliphatic heterocycles. The highest BCUT2D eigenvalue weighted by molar-refractivity contribution is 8.05. The summed E-state index contributed by atoms with van der Waals surface area (Å²) in [7, 11) is 0. The van der Waals surface area contributed by atoms with E-state index in [0.717, 1.165) is 29.2 Å². The second kappa shape index (κ2) is 11.9. The number of fused-ring (bicyclic) bond motifs is 6. The van der Waals surface area contributed by atoms with Crippen LogP contribution in [0.2, 0.25) is 0 Å². The summed E-state index contributed by atoms with van der Waals surface area (Å²) in [6.07, 6.45) is 12.0. The second-order valence-corrected chi connectivity index (χ2v) is 13.9. The molecular weight excluding hydrogens is 609 g/mol. The number of hydrogen-bond acceptors (Lipinski definition) is 3. The fourth-order valence-electron chi connectivity index (χ4n) is 6.67. The highest BCUT2D eigenvalue weighted by Gasteiger charge is 2.25. The maximum atomic E-state index is 2.44. The molecule has 0 unspecified atom stereocenters. The summed E-state index contributed by atoms with van der Waals surface area (Å²) in [4.78, 5) is 7.64. The van der Waals surface area contributed by atoms with Crippen LogP contribution in [-0.2, 0) is 0 Å². The SMILES string of the molecule is C1=CCC=CC(N(c2ccccc2)c2ccc3c(c2)c2c4c(ccc2n3-c2ccc(-c3ccccc3)cc2)Sc2ccccc2S4)=C1. The molecule has 0 fully saturated rings. The quantitative estimate of drug-likeness (QED) is 0.185. The average molecular weight is 639 g/mol. The molecule has 1 aromatic heterocycles. The van der Waals surface area contributed by atoms with E-state index in [1.54, 1.807) is 0 Å². The normalized spacial score (nSPS) is 13.7. The van der Waals surface area contributed by atoms with E-state index >= 15 is 0 Å². The lowest BCUT2D eigenvalue weighted by Gasteiger charge is -2.26. The molecule has 6 aromatic carbocycles. The van der Waals surface area contributed by atoms with Gasteiger partial charge in [-0.2, -0.15) is 0 Å². The van der Waals surface area contributed by atoms with Gasteiger partial charge in [0, 0.05) is 53.1 Å². The number of para-hydroxylation sites is 1. The molecule has 9 rings (SSSR count). The van der Waals surface area contributed by atoms with E-state index in [2.05, 4.69) is 179 Å². The molecular formula is C43H30N2S2. The van der Waals surface area contributed by atoms with Crippen LogP contribution in [0.1, 0.15) is 6.42 Å². The number of rotatable bonds is 5. The fraction of sp³-hybridized carbons (Fsp3) is 0.0233. The van der Waals surface area contributed by atoms with Gasteiger partial charge in [-0.15, -0.1) is 0 Å². The van der Waals surface area contributed by atoms with Crippen molar-refractivity contribution in [3.05, 3.63) is 176 Å². The summed E-state index contributed by atoms with van der Waals surface area (Å²) in [5.41, 5.74) is 9.45. The Morgan fingerprint density at radius 1 is 0.553 bits per heavy atom. The third-order valence-corrected chi connectivity index (χ3v) is 11.4. The molecule has 224 valence electrons. The highest BCUT2D eigenvalue weighted by Crippen LogP contribution is 2.53. The first-order valence-electron chi connectivity index (χ1n) is 15.9. The van der Waals surface area contributed by atoms with E-state index in [1.807, 2.05) is 23.5 Å². The predicted octanol–water partition coefficient (Wildman–Crippen LogP) is 12.6. The van der Waals surface area contributed by atoms with E-state index in [9.17, 15) is 0 Å². The molecule has 0 bridgehead atoms. The standard InChI is InChI=1S/C43H30N2S2/c1-2-8-16-32(15-7-1)44(33-17-9-4-10-18-33)35-25-26-37-36(29-35)42-38(27-28-41-43(42)47-40-20-12-11-19-39(40)46-41)45(37)34-23-21-31(22-24-34)30-13-5-3-6-14-30/h1,3-29H,2H2. The zero-order chi connectivity index (χ0) is 31.2. The molecule has 4 heteroatoms. The van der Waals surface area contributed by atoms with E-state index in [1.165, 1.54) is 52.5 Å². The Hall–Kier alpha value is -5.16. The van der Waals surface area contributed by atoms with Gasteiger partial charge in [0.15, 0.2) is 0 Å². The Balaban J connectivity index is 1.28. The first-order chi connectivity index (χ1) is 23.3. The summed E-state index contributed by atoms with van der Waals surface area (Å²) < 4.78 is 2.44.